The van der Waals surface area contributed by atoms with E-state index in [4.69, 9.17) is 13.9 Å². The van der Waals surface area contributed by atoms with E-state index in [2.05, 4.69) is 72.8 Å². The van der Waals surface area contributed by atoms with Gasteiger partial charge in [-0.05, 0) is 93.3 Å². The number of nitrogens with zero attached hydrogens (tertiary/aromatic N) is 1. The number of nitriles is 1. The predicted octanol–water partition coefficient (Wildman–Crippen LogP) is 6.83. The van der Waals surface area contributed by atoms with Gasteiger partial charge in [0.25, 0.3) is 0 Å². The van der Waals surface area contributed by atoms with E-state index < -0.39 is 25.3 Å². The van der Waals surface area contributed by atoms with Crippen LogP contribution < -0.4 is 0 Å². The second-order valence-corrected chi connectivity index (χ2v) is 18.8. The lowest BCUT2D eigenvalue weighted by molar-refractivity contribution is -0.208. The van der Waals surface area contributed by atoms with Crippen LogP contribution in [0.5, 0.6) is 0 Å². The van der Waals surface area contributed by atoms with E-state index >= 15 is 0 Å². The minimum atomic E-state index is -1.96. The van der Waals surface area contributed by atoms with Crippen LogP contribution in [-0.4, -0.2) is 43.6 Å². The van der Waals surface area contributed by atoms with E-state index in [0.29, 0.717) is 31.5 Å². The summed E-state index contributed by atoms with van der Waals surface area (Å²) in [5.74, 6) is 0.285. The summed E-state index contributed by atoms with van der Waals surface area (Å²) in [5.41, 5.74) is 2.10. The van der Waals surface area contributed by atoms with Crippen molar-refractivity contribution in [1.82, 2.24) is 0 Å². The molecule has 1 saturated heterocycles. The third-order valence-corrected chi connectivity index (χ3v) is 11.8. The van der Waals surface area contributed by atoms with Crippen LogP contribution in [0.4, 0.5) is 0 Å². The molecule has 5 nitrogen and oxygen atoms in total. The van der Waals surface area contributed by atoms with Crippen LogP contribution in [0, 0.1) is 28.6 Å². The third kappa shape index (κ3) is 4.05. The molecule has 1 spiro atoms. The summed E-state index contributed by atoms with van der Waals surface area (Å²) >= 11 is 3.62. The smallest absolute Gasteiger partial charge is 0.185 e. The summed E-state index contributed by atoms with van der Waals surface area (Å²) in [4.78, 5) is 0. The first-order chi connectivity index (χ1) is 17.4. The van der Waals surface area contributed by atoms with Gasteiger partial charge in [0.2, 0.25) is 0 Å². The monoisotopic (exact) mass is 585 g/mol. The normalized spacial score (nSPS) is 40.7. The first kappa shape index (κ1) is 26.2. The fourth-order valence-electron chi connectivity index (χ4n) is 8.89. The average molecular weight is 587 g/mol. The van der Waals surface area contributed by atoms with Crippen molar-refractivity contribution < 1.29 is 19.0 Å². The molecule has 1 aliphatic heterocycles. The number of halogens is 1. The van der Waals surface area contributed by atoms with Gasteiger partial charge < -0.3 is 19.0 Å². The van der Waals surface area contributed by atoms with Gasteiger partial charge in [0.15, 0.2) is 14.1 Å². The highest BCUT2D eigenvalue weighted by atomic mass is 79.9. The van der Waals surface area contributed by atoms with Gasteiger partial charge in [-0.2, -0.15) is 5.26 Å². The first-order valence-electron chi connectivity index (χ1n) is 14.0. The molecule has 2 unspecified atom stereocenters. The molecule has 0 bridgehead atoms. The number of hydrogen-bond acceptors (Lipinski definition) is 5. The molecule has 0 amide bonds. The Labute approximate surface area is 230 Å². The molecule has 37 heavy (non-hydrogen) atoms. The Bertz CT molecular complexity index is 1150. The molecular formula is C30H40BrNO4Si. The zero-order valence-corrected chi connectivity index (χ0v) is 25.2. The van der Waals surface area contributed by atoms with Crippen molar-refractivity contribution in [3.8, 4) is 6.07 Å². The van der Waals surface area contributed by atoms with Crippen molar-refractivity contribution in [2.75, 3.05) is 13.2 Å². The van der Waals surface area contributed by atoms with Gasteiger partial charge >= 0.3 is 0 Å². The Morgan fingerprint density at radius 2 is 1.78 bits per heavy atom. The summed E-state index contributed by atoms with van der Waals surface area (Å²) in [7, 11) is -1.96. The zero-order chi connectivity index (χ0) is 26.3. The molecule has 1 N–H and O–H groups in total. The summed E-state index contributed by atoms with van der Waals surface area (Å²) < 4.78 is 20.1. The van der Waals surface area contributed by atoms with Crippen molar-refractivity contribution >= 4 is 24.2 Å². The number of fused-ring (bicyclic) bond motifs is 4. The largest absolute Gasteiger partial charge is 0.399 e. The van der Waals surface area contributed by atoms with Crippen molar-refractivity contribution in [2.45, 2.75) is 101 Å². The lowest BCUT2D eigenvalue weighted by Gasteiger charge is -2.57. The fraction of sp³-hybridized carbons (Fsp3) is 0.700. The van der Waals surface area contributed by atoms with Gasteiger partial charge in [0.1, 0.15) is 5.60 Å². The molecule has 1 aromatic rings. The number of allylic oxidation sites excluding steroid dienone is 1. The lowest BCUT2D eigenvalue weighted by atomic mass is 9.50. The number of ether oxygens (including phenoxy) is 2. The van der Waals surface area contributed by atoms with Gasteiger partial charge in [-0.25, -0.2) is 0 Å². The van der Waals surface area contributed by atoms with Crippen LogP contribution in [0.1, 0.15) is 69.8 Å². The molecule has 1 aromatic carbocycles. The maximum Gasteiger partial charge on any atom is 0.185 e. The van der Waals surface area contributed by atoms with E-state index in [1.54, 1.807) is 0 Å². The van der Waals surface area contributed by atoms with Crippen LogP contribution in [0.25, 0.3) is 0 Å². The summed E-state index contributed by atoms with van der Waals surface area (Å²) in [6, 6.07) is 11.5. The first-order valence-corrected chi connectivity index (χ1v) is 18.2. The van der Waals surface area contributed by atoms with Crippen LogP contribution in [0.3, 0.4) is 0 Å². The molecule has 3 saturated carbocycles. The highest BCUT2D eigenvalue weighted by molar-refractivity contribution is 9.10. The van der Waals surface area contributed by atoms with Crippen molar-refractivity contribution in [3.63, 3.8) is 0 Å². The van der Waals surface area contributed by atoms with Gasteiger partial charge in [-0.1, -0.05) is 40.6 Å². The molecular weight excluding hydrogens is 546 g/mol. The maximum atomic E-state index is 12.2. The quantitative estimate of drug-likeness (QED) is 0.311. The number of benzene rings is 1. The topological polar surface area (TPSA) is 71.7 Å². The van der Waals surface area contributed by atoms with Gasteiger partial charge in [0, 0.05) is 28.6 Å². The molecule has 4 aliphatic carbocycles. The summed E-state index contributed by atoms with van der Waals surface area (Å²) in [5, 5.41) is 22.9. The van der Waals surface area contributed by atoms with Crippen molar-refractivity contribution in [3.05, 3.63) is 45.4 Å². The Balaban J connectivity index is 1.48. The number of hydrogen-bond donors (Lipinski definition) is 1. The van der Waals surface area contributed by atoms with Crippen LogP contribution in [0.2, 0.25) is 19.6 Å². The lowest BCUT2D eigenvalue weighted by Crippen LogP contribution is -2.57. The second-order valence-electron chi connectivity index (χ2n) is 13.4. The molecule has 7 heteroatoms. The summed E-state index contributed by atoms with van der Waals surface area (Å²) in [6.45, 7) is 10.2. The standard InChI is InChI=1S/C30H40BrNO4Si/c1-27-17-23(20-5-7-21(31)8-6-20)26-22(24(27)10-13-29(27,19-32)36-37(2,3)4)9-12-28(33)18-30(14-11-25(26)28)34-15-16-35-30/h5-8,22-24,33H,9-18H2,1-4H3/t22?,23-,24?,27+,28-,29+/m1/s1. The molecule has 5 aliphatic rings. The highest BCUT2D eigenvalue weighted by Crippen LogP contribution is 2.68. The summed E-state index contributed by atoms with van der Waals surface area (Å²) in [6.07, 6.45) is 6.51. The second kappa shape index (κ2) is 8.74. The molecule has 0 radical (unpaired) electrons. The SMILES string of the molecule is C[C@]12C[C@H](c3ccc(Br)cc3)C3=C4CCC5(C[C@]4(O)CCC3C1CC[C@@]2(C#N)O[Si](C)(C)C)OCCO5. The number of rotatable bonds is 3. The maximum absolute atomic E-state index is 12.2. The van der Waals surface area contributed by atoms with Crippen LogP contribution in [0.15, 0.2) is 39.9 Å². The molecule has 200 valence electrons. The van der Waals surface area contributed by atoms with E-state index in [0.717, 1.165) is 49.4 Å². The zero-order valence-electron chi connectivity index (χ0n) is 22.6. The van der Waals surface area contributed by atoms with Gasteiger partial charge in [0.05, 0.1) is 24.9 Å². The minimum absolute atomic E-state index is 0.164. The van der Waals surface area contributed by atoms with Crippen LogP contribution >= 0.6 is 15.9 Å². The van der Waals surface area contributed by atoms with E-state index in [1.807, 2.05) is 0 Å². The Morgan fingerprint density at radius 1 is 1.08 bits per heavy atom. The van der Waals surface area contributed by atoms with Gasteiger partial charge in [-0.15, -0.1) is 0 Å². The fourth-order valence-corrected chi connectivity index (χ4v) is 10.6. The van der Waals surface area contributed by atoms with E-state index in [9.17, 15) is 10.4 Å². The molecule has 4 fully saturated rings. The molecule has 1 heterocycles. The van der Waals surface area contributed by atoms with E-state index in [1.165, 1.54) is 16.7 Å². The molecule has 6 atom stereocenters. The van der Waals surface area contributed by atoms with Crippen molar-refractivity contribution in [1.29, 1.82) is 5.26 Å². The minimum Gasteiger partial charge on any atom is -0.399 e. The number of aliphatic hydroxyl groups is 1. The van der Waals surface area contributed by atoms with Crippen LogP contribution in [-0.2, 0) is 13.9 Å². The predicted molar refractivity (Wildman–Crippen MR) is 148 cm³/mol. The molecule has 6 rings (SSSR count). The van der Waals surface area contributed by atoms with Gasteiger partial charge in [-0.3, -0.25) is 0 Å². The average Bonchev–Trinajstić information content (AvgIpc) is 3.39. The highest BCUT2D eigenvalue weighted by Gasteiger charge is 2.66. The van der Waals surface area contributed by atoms with Crippen molar-refractivity contribution in [2.24, 2.45) is 17.3 Å². The van der Waals surface area contributed by atoms with E-state index in [-0.39, 0.29) is 11.3 Å². The Kier molecular flexibility index (Phi) is 6.20. The Morgan fingerprint density at radius 3 is 2.43 bits per heavy atom. The third-order valence-electron chi connectivity index (χ3n) is 10.3. The Hall–Kier alpha value is -1.01. The molecule has 0 aromatic heterocycles.